The van der Waals surface area contributed by atoms with Crippen molar-refractivity contribution in [3.05, 3.63) is 65.2 Å². The van der Waals surface area contributed by atoms with Gasteiger partial charge in [0.05, 0.1) is 17.8 Å². The molecular formula is C21H22N2O2. The fraction of sp³-hybridized carbons (Fsp3) is 0.238. The first kappa shape index (κ1) is 17.0. The molecule has 4 nitrogen and oxygen atoms in total. The highest BCUT2D eigenvalue weighted by Crippen LogP contribution is 2.25. The first-order chi connectivity index (χ1) is 12.1. The van der Waals surface area contributed by atoms with Gasteiger partial charge >= 0.3 is 0 Å². The van der Waals surface area contributed by atoms with E-state index in [9.17, 15) is 4.79 Å². The fourth-order valence-corrected chi connectivity index (χ4v) is 2.57. The largest absolute Gasteiger partial charge is 0.475 e. The molecule has 0 spiro atoms. The number of carbonyl (C=O) groups excluding carboxylic acids is 1. The summed E-state index contributed by atoms with van der Waals surface area (Å²) in [5.74, 6) is 0.471. The Morgan fingerprint density at radius 3 is 2.60 bits per heavy atom. The minimum Gasteiger partial charge on any atom is -0.475 e. The Morgan fingerprint density at radius 2 is 1.92 bits per heavy atom. The number of nitrogens with one attached hydrogen (secondary N) is 1. The summed E-state index contributed by atoms with van der Waals surface area (Å²) in [5, 5.41) is 2.99. The third-order valence-electron chi connectivity index (χ3n) is 3.93. The monoisotopic (exact) mass is 334 g/mol. The number of rotatable bonds is 5. The Balaban J connectivity index is 1.99. The van der Waals surface area contributed by atoms with Crippen LogP contribution in [-0.4, -0.2) is 25.0 Å². The second kappa shape index (κ2) is 7.79. The van der Waals surface area contributed by atoms with Crippen LogP contribution < -0.4 is 5.32 Å². The number of aliphatic imine (C=N–C) groups is 1. The minimum atomic E-state index is -0.0946. The molecule has 2 aromatic carbocycles. The number of hydrogen-bond donors (Lipinski definition) is 1. The van der Waals surface area contributed by atoms with Gasteiger partial charge in [-0.15, -0.1) is 0 Å². The molecule has 0 saturated carbocycles. The van der Waals surface area contributed by atoms with Crippen LogP contribution in [0.2, 0.25) is 0 Å². The number of amides is 1. The number of carbonyl (C=O) groups is 1. The van der Waals surface area contributed by atoms with Crippen molar-refractivity contribution < 1.29 is 9.53 Å². The topological polar surface area (TPSA) is 50.7 Å². The van der Waals surface area contributed by atoms with E-state index in [-0.39, 0.29) is 11.8 Å². The van der Waals surface area contributed by atoms with Crippen LogP contribution in [0.4, 0.5) is 5.69 Å². The second-order valence-corrected chi connectivity index (χ2v) is 6.19. The Kier molecular flexibility index (Phi) is 5.29. The van der Waals surface area contributed by atoms with Gasteiger partial charge < -0.3 is 10.1 Å². The summed E-state index contributed by atoms with van der Waals surface area (Å²) in [6, 6.07) is 15.9. The molecule has 4 heteroatoms. The molecular weight excluding hydrogens is 312 g/mol. The van der Waals surface area contributed by atoms with Crippen LogP contribution in [0.3, 0.4) is 0 Å². The zero-order valence-electron chi connectivity index (χ0n) is 14.5. The molecule has 0 aromatic heterocycles. The van der Waals surface area contributed by atoms with Crippen LogP contribution >= 0.6 is 0 Å². The van der Waals surface area contributed by atoms with E-state index >= 15 is 0 Å². The van der Waals surface area contributed by atoms with Crippen LogP contribution in [0.1, 0.15) is 30.5 Å². The number of benzene rings is 2. The zero-order chi connectivity index (χ0) is 17.6. The van der Waals surface area contributed by atoms with E-state index in [1.807, 2.05) is 74.5 Å². The van der Waals surface area contributed by atoms with Gasteiger partial charge in [0.2, 0.25) is 11.8 Å². The molecule has 0 bridgehead atoms. The standard InChI is InChI=1S/C21H22N2O2/c1-15(2)20(24)23-18-10-6-9-17(19(18)21-22-13-14-25-21)12-11-16-7-4-3-5-8-16/h3-12,15H,13-14H2,1-2H3,(H,23,24)/b12-11+. The van der Waals surface area contributed by atoms with Gasteiger partial charge in [-0.3, -0.25) is 4.79 Å². The lowest BCUT2D eigenvalue weighted by molar-refractivity contribution is -0.118. The molecule has 0 fully saturated rings. The molecule has 3 rings (SSSR count). The minimum absolute atomic E-state index is 0.0240. The lowest BCUT2D eigenvalue weighted by atomic mass is 10.0. The average molecular weight is 334 g/mol. The van der Waals surface area contributed by atoms with Crippen molar-refractivity contribution >= 4 is 29.6 Å². The van der Waals surface area contributed by atoms with Gasteiger partial charge in [-0.05, 0) is 17.2 Å². The van der Waals surface area contributed by atoms with Gasteiger partial charge in [0.15, 0.2) is 0 Å². The van der Waals surface area contributed by atoms with E-state index < -0.39 is 0 Å². The zero-order valence-corrected chi connectivity index (χ0v) is 14.5. The maximum absolute atomic E-state index is 12.2. The molecule has 128 valence electrons. The van der Waals surface area contributed by atoms with E-state index in [0.717, 1.165) is 22.4 Å². The van der Waals surface area contributed by atoms with E-state index in [2.05, 4.69) is 10.3 Å². The van der Waals surface area contributed by atoms with Crippen LogP contribution in [0, 0.1) is 5.92 Å². The summed E-state index contributed by atoms with van der Waals surface area (Å²) in [4.78, 5) is 16.6. The average Bonchev–Trinajstić information content (AvgIpc) is 3.15. The Hall–Kier alpha value is -2.88. The summed E-state index contributed by atoms with van der Waals surface area (Å²) in [5.41, 5.74) is 3.64. The van der Waals surface area contributed by atoms with Crippen molar-refractivity contribution in [1.29, 1.82) is 0 Å². The third kappa shape index (κ3) is 4.15. The molecule has 1 heterocycles. The van der Waals surface area contributed by atoms with Crippen molar-refractivity contribution in [2.75, 3.05) is 18.5 Å². The number of anilines is 1. The van der Waals surface area contributed by atoms with Crippen molar-refractivity contribution in [3.8, 4) is 0 Å². The molecule has 1 amide bonds. The predicted octanol–water partition coefficient (Wildman–Crippen LogP) is 4.23. The normalized spacial score (nSPS) is 13.8. The van der Waals surface area contributed by atoms with Gasteiger partial charge in [-0.25, -0.2) is 4.99 Å². The van der Waals surface area contributed by atoms with Gasteiger partial charge in [-0.2, -0.15) is 0 Å². The molecule has 2 aromatic rings. The lowest BCUT2D eigenvalue weighted by Crippen LogP contribution is -2.20. The smallest absolute Gasteiger partial charge is 0.226 e. The number of hydrogen-bond acceptors (Lipinski definition) is 3. The molecule has 1 aliphatic rings. The van der Waals surface area contributed by atoms with Crippen LogP contribution in [-0.2, 0) is 9.53 Å². The fourth-order valence-electron chi connectivity index (χ4n) is 2.57. The van der Waals surface area contributed by atoms with Crippen LogP contribution in [0.25, 0.3) is 12.2 Å². The Morgan fingerprint density at radius 1 is 1.12 bits per heavy atom. The number of ether oxygens (including phenoxy) is 1. The number of nitrogens with zero attached hydrogens (tertiary/aromatic N) is 1. The molecule has 25 heavy (non-hydrogen) atoms. The first-order valence-electron chi connectivity index (χ1n) is 8.50. The SMILES string of the molecule is CC(C)C(=O)Nc1cccc(/C=C/c2ccccc2)c1C1=NCCO1. The van der Waals surface area contributed by atoms with E-state index in [0.29, 0.717) is 19.0 Å². The van der Waals surface area contributed by atoms with Crippen molar-refractivity contribution in [2.45, 2.75) is 13.8 Å². The molecule has 1 aliphatic heterocycles. The molecule has 0 saturated heterocycles. The lowest BCUT2D eigenvalue weighted by Gasteiger charge is -2.15. The highest BCUT2D eigenvalue weighted by atomic mass is 16.5. The summed E-state index contributed by atoms with van der Waals surface area (Å²) >= 11 is 0. The van der Waals surface area contributed by atoms with E-state index in [4.69, 9.17) is 4.74 Å². The molecule has 0 radical (unpaired) electrons. The predicted molar refractivity (Wildman–Crippen MR) is 103 cm³/mol. The summed E-state index contributed by atoms with van der Waals surface area (Å²) < 4.78 is 5.68. The Labute approximate surface area is 148 Å². The highest BCUT2D eigenvalue weighted by molar-refractivity contribution is 6.07. The second-order valence-electron chi connectivity index (χ2n) is 6.19. The maximum Gasteiger partial charge on any atom is 0.226 e. The molecule has 0 atom stereocenters. The van der Waals surface area contributed by atoms with Gasteiger partial charge in [0.25, 0.3) is 0 Å². The van der Waals surface area contributed by atoms with Crippen LogP contribution in [0.5, 0.6) is 0 Å². The van der Waals surface area contributed by atoms with Crippen LogP contribution in [0.15, 0.2) is 53.5 Å². The van der Waals surface area contributed by atoms with Crippen molar-refractivity contribution in [1.82, 2.24) is 0 Å². The van der Waals surface area contributed by atoms with Gasteiger partial charge in [0, 0.05) is 5.92 Å². The third-order valence-corrected chi connectivity index (χ3v) is 3.93. The maximum atomic E-state index is 12.2. The first-order valence-corrected chi connectivity index (χ1v) is 8.50. The summed E-state index contributed by atoms with van der Waals surface area (Å²) in [6.07, 6.45) is 4.07. The highest BCUT2D eigenvalue weighted by Gasteiger charge is 2.19. The Bertz CT molecular complexity index is 808. The van der Waals surface area contributed by atoms with E-state index in [1.54, 1.807) is 0 Å². The quantitative estimate of drug-likeness (QED) is 0.832. The van der Waals surface area contributed by atoms with Gasteiger partial charge in [-0.1, -0.05) is 68.5 Å². The molecule has 0 aliphatic carbocycles. The van der Waals surface area contributed by atoms with Gasteiger partial charge in [0.1, 0.15) is 6.61 Å². The molecule has 0 unspecified atom stereocenters. The van der Waals surface area contributed by atoms with Crippen molar-refractivity contribution in [2.24, 2.45) is 10.9 Å². The van der Waals surface area contributed by atoms with Crippen molar-refractivity contribution in [3.63, 3.8) is 0 Å². The van der Waals surface area contributed by atoms with E-state index in [1.165, 1.54) is 0 Å². The summed E-state index contributed by atoms with van der Waals surface area (Å²) in [6.45, 7) is 4.96. The molecule has 1 N–H and O–H groups in total. The summed E-state index contributed by atoms with van der Waals surface area (Å²) in [7, 11) is 0.